The molecule has 1 aliphatic heterocycles. The van der Waals surface area contributed by atoms with Gasteiger partial charge in [-0.15, -0.1) is 0 Å². The Bertz CT molecular complexity index is 831. The largest absolute Gasteiger partial charge is 0.296 e. The average molecular weight is 356 g/mol. The molecule has 1 atom stereocenters. The van der Waals surface area contributed by atoms with Crippen LogP contribution in [-0.2, 0) is 11.2 Å². The molecule has 0 spiro atoms. The summed E-state index contributed by atoms with van der Waals surface area (Å²) in [5.41, 5.74) is 2.57. The van der Waals surface area contributed by atoms with Gasteiger partial charge in [0.2, 0.25) is 11.9 Å². The first-order valence-corrected chi connectivity index (χ1v) is 8.46. The number of aliphatic imine (C=N–C) groups is 1. The van der Waals surface area contributed by atoms with Gasteiger partial charge in [0.25, 0.3) is 5.91 Å². The number of nitrogens with one attached hydrogen (secondary N) is 2. The molecule has 2 amide bonds. The molecule has 0 aromatic heterocycles. The second-order valence-corrected chi connectivity index (χ2v) is 6.24. The number of amides is 2. The maximum atomic E-state index is 12.3. The van der Waals surface area contributed by atoms with Crippen LogP contribution in [0.4, 0.5) is 0 Å². The number of benzene rings is 2. The van der Waals surface area contributed by atoms with Crippen molar-refractivity contribution in [3.8, 4) is 0 Å². The van der Waals surface area contributed by atoms with E-state index in [2.05, 4.69) is 22.5 Å². The van der Waals surface area contributed by atoms with E-state index in [1.165, 1.54) is 5.56 Å². The first kappa shape index (κ1) is 17.2. The lowest BCUT2D eigenvalue weighted by Crippen LogP contribution is -2.47. The van der Waals surface area contributed by atoms with Crippen LogP contribution < -0.4 is 10.6 Å². The Morgan fingerprint density at radius 3 is 2.72 bits per heavy atom. The first-order valence-electron chi connectivity index (χ1n) is 8.08. The van der Waals surface area contributed by atoms with E-state index < -0.39 is 0 Å². The van der Waals surface area contributed by atoms with Crippen molar-refractivity contribution < 1.29 is 9.59 Å². The number of guanidine groups is 1. The van der Waals surface area contributed by atoms with Crippen molar-refractivity contribution in [2.24, 2.45) is 4.99 Å². The third-order valence-corrected chi connectivity index (χ3v) is 4.25. The number of aryl methyl sites for hydroxylation is 1. The van der Waals surface area contributed by atoms with Gasteiger partial charge in [0, 0.05) is 10.6 Å². The summed E-state index contributed by atoms with van der Waals surface area (Å²) in [7, 11) is 0. The monoisotopic (exact) mass is 355 g/mol. The predicted octanol–water partition coefficient (Wildman–Crippen LogP) is 3.25. The summed E-state index contributed by atoms with van der Waals surface area (Å²) < 4.78 is 0. The smallest absolute Gasteiger partial charge is 0.258 e. The molecule has 128 valence electrons. The van der Waals surface area contributed by atoms with Crippen LogP contribution in [0.3, 0.4) is 0 Å². The molecule has 2 aromatic carbocycles. The molecule has 0 fully saturated rings. The van der Waals surface area contributed by atoms with Gasteiger partial charge in [-0.25, -0.2) is 4.99 Å². The number of hydrogen-bond acceptors (Lipinski definition) is 3. The molecule has 0 unspecified atom stereocenters. The molecule has 0 radical (unpaired) electrons. The normalized spacial score (nSPS) is 16.8. The molecule has 5 nitrogen and oxygen atoms in total. The minimum atomic E-state index is -0.372. The molecule has 0 saturated carbocycles. The van der Waals surface area contributed by atoms with E-state index in [9.17, 15) is 9.59 Å². The zero-order chi connectivity index (χ0) is 17.8. The van der Waals surface area contributed by atoms with Gasteiger partial charge in [-0.1, -0.05) is 48.9 Å². The van der Waals surface area contributed by atoms with Crippen molar-refractivity contribution in [3.05, 3.63) is 70.2 Å². The zero-order valence-corrected chi connectivity index (χ0v) is 14.5. The highest BCUT2D eigenvalue weighted by Gasteiger charge is 2.23. The molecule has 0 bridgehead atoms. The molecule has 0 aliphatic carbocycles. The van der Waals surface area contributed by atoms with Crippen LogP contribution in [0.25, 0.3) is 0 Å². The fourth-order valence-corrected chi connectivity index (χ4v) is 2.82. The average Bonchev–Trinajstić information content (AvgIpc) is 2.61. The van der Waals surface area contributed by atoms with Gasteiger partial charge in [0.15, 0.2) is 0 Å². The van der Waals surface area contributed by atoms with E-state index in [4.69, 9.17) is 11.6 Å². The Kier molecular flexibility index (Phi) is 5.14. The highest BCUT2D eigenvalue weighted by Crippen LogP contribution is 2.24. The van der Waals surface area contributed by atoms with Crippen LogP contribution in [0.5, 0.6) is 0 Å². The summed E-state index contributed by atoms with van der Waals surface area (Å²) in [5.74, 6) is -0.393. The molecule has 3 rings (SSSR count). The minimum absolute atomic E-state index is 0.158. The molecule has 1 aliphatic rings. The van der Waals surface area contributed by atoms with Crippen molar-refractivity contribution >= 4 is 29.4 Å². The van der Waals surface area contributed by atoms with Crippen LogP contribution in [-0.4, -0.2) is 17.8 Å². The predicted molar refractivity (Wildman–Crippen MR) is 97.7 cm³/mol. The molecule has 25 heavy (non-hydrogen) atoms. The highest BCUT2D eigenvalue weighted by molar-refractivity contribution is 6.31. The summed E-state index contributed by atoms with van der Waals surface area (Å²) >= 11 is 5.90. The number of halogens is 1. The lowest BCUT2D eigenvalue weighted by molar-refractivity contribution is -0.120. The molecule has 6 heteroatoms. The SMILES string of the molecule is CCc1ccc([C@H]2CC(=O)NC(NC(=O)c3cccc(Cl)c3)=N2)cc1. The van der Waals surface area contributed by atoms with E-state index >= 15 is 0 Å². The molecular formula is C19H18ClN3O2. The Morgan fingerprint density at radius 2 is 2.04 bits per heavy atom. The Balaban J connectivity index is 1.78. The molecular weight excluding hydrogens is 338 g/mol. The summed E-state index contributed by atoms with van der Waals surface area (Å²) in [6, 6.07) is 14.3. The van der Waals surface area contributed by atoms with Crippen molar-refractivity contribution in [3.63, 3.8) is 0 Å². The van der Waals surface area contributed by atoms with Crippen molar-refractivity contribution in [2.45, 2.75) is 25.8 Å². The molecule has 2 N–H and O–H groups in total. The fourth-order valence-electron chi connectivity index (χ4n) is 2.63. The van der Waals surface area contributed by atoms with Crippen LogP contribution in [0, 0.1) is 0 Å². The number of hydrogen-bond donors (Lipinski definition) is 2. The molecule has 0 saturated heterocycles. The number of carbonyl (C=O) groups is 2. The highest BCUT2D eigenvalue weighted by atomic mass is 35.5. The Hall–Kier alpha value is -2.66. The number of nitrogens with zero attached hydrogens (tertiary/aromatic N) is 1. The van der Waals surface area contributed by atoms with E-state index in [0.717, 1.165) is 12.0 Å². The van der Waals surface area contributed by atoms with Gasteiger partial charge in [-0.3, -0.25) is 20.2 Å². The lowest BCUT2D eigenvalue weighted by atomic mass is 10.0. The standard InChI is InChI=1S/C19H18ClN3O2/c1-2-12-6-8-13(9-7-12)16-11-17(24)22-19(21-16)23-18(25)14-4-3-5-15(20)10-14/h3-10,16H,2,11H2,1H3,(H2,21,22,23,24,25)/t16-/m1/s1. The van der Waals surface area contributed by atoms with Gasteiger partial charge < -0.3 is 0 Å². The van der Waals surface area contributed by atoms with Gasteiger partial charge in [-0.05, 0) is 35.7 Å². The van der Waals surface area contributed by atoms with Crippen LogP contribution in [0.15, 0.2) is 53.5 Å². The maximum Gasteiger partial charge on any atom is 0.258 e. The maximum absolute atomic E-state index is 12.3. The van der Waals surface area contributed by atoms with Gasteiger partial charge in [0.05, 0.1) is 12.5 Å². The van der Waals surface area contributed by atoms with Gasteiger partial charge >= 0.3 is 0 Å². The van der Waals surface area contributed by atoms with Crippen LogP contribution in [0.2, 0.25) is 5.02 Å². The van der Waals surface area contributed by atoms with Crippen molar-refractivity contribution in [1.82, 2.24) is 10.6 Å². The van der Waals surface area contributed by atoms with E-state index in [1.54, 1.807) is 24.3 Å². The van der Waals surface area contributed by atoms with Crippen molar-refractivity contribution in [1.29, 1.82) is 0 Å². The summed E-state index contributed by atoms with van der Waals surface area (Å²) in [6.07, 6.45) is 1.21. The Labute approximate surface area is 151 Å². The topological polar surface area (TPSA) is 70.6 Å². The number of rotatable bonds is 3. The van der Waals surface area contributed by atoms with Crippen molar-refractivity contribution in [2.75, 3.05) is 0 Å². The minimum Gasteiger partial charge on any atom is -0.296 e. The van der Waals surface area contributed by atoms with E-state index in [1.807, 2.05) is 24.3 Å². The molecule has 1 heterocycles. The summed E-state index contributed by atoms with van der Waals surface area (Å²) in [4.78, 5) is 28.8. The van der Waals surface area contributed by atoms with E-state index in [0.29, 0.717) is 10.6 Å². The zero-order valence-electron chi connectivity index (χ0n) is 13.8. The van der Waals surface area contributed by atoms with E-state index in [-0.39, 0.29) is 30.2 Å². The second-order valence-electron chi connectivity index (χ2n) is 5.81. The third kappa shape index (κ3) is 4.25. The van der Waals surface area contributed by atoms with Gasteiger partial charge in [-0.2, -0.15) is 0 Å². The second kappa shape index (κ2) is 7.49. The van der Waals surface area contributed by atoms with Crippen LogP contribution >= 0.6 is 11.6 Å². The first-order chi connectivity index (χ1) is 12.0. The summed E-state index contributed by atoms with van der Waals surface area (Å²) in [6.45, 7) is 2.09. The lowest BCUT2D eigenvalue weighted by Gasteiger charge is -2.21. The Morgan fingerprint density at radius 1 is 1.28 bits per heavy atom. The third-order valence-electron chi connectivity index (χ3n) is 4.01. The summed E-state index contributed by atoms with van der Waals surface area (Å²) in [5, 5.41) is 5.70. The molecule has 2 aromatic rings. The van der Waals surface area contributed by atoms with Gasteiger partial charge in [0.1, 0.15) is 0 Å². The quantitative estimate of drug-likeness (QED) is 0.887. The number of carbonyl (C=O) groups excluding carboxylic acids is 2. The fraction of sp³-hybridized carbons (Fsp3) is 0.211. The van der Waals surface area contributed by atoms with Crippen LogP contribution in [0.1, 0.15) is 40.9 Å².